The number of rotatable bonds is 4. The second kappa shape index (κ2) is 5.29. The number of aliphatic hydroxyl groups is 1. The minimum absolute atomic E-state index is 0.371. The number of halogens is 1. The summed E-state index contributed by atoms with van der Waals surface area (Å²) in [7, 11) is 0. The van der Waals surface area contributed by atoms with Gasteiger partial charge in [0.05, 0.1) is 6.10 Å². The van der Waals surface area contributed by atoms with Crippen LogP contribution in [0.25, 0.3) is 0 Å². The average molecular weight is 252 g/mol. The molecule has 1 heterocycles. The first kappa shape index (κ1) is 12.1. The van der Waals surface area contributed by atoms with Crippen LogP contribution in [0, 0.1) is 5.82 Å². The number of hydrogen-bond acceptors (Lipinski definition) is 3. The zero-order valence-corrected chi connectivity index (χ0v) is 10.2. The Bertz CT molecular complexity index is 480. The molecule has 0 radical (unpaired) electrons. The molecule has 0 aliphatic rings. The van der Waals surface area contributed by atoms with E-state index in [9.17, 15) is 9.50 Å². The van der Waals surface area contributed by atoms with E-state index in [1.807, 2.05) is 17.5 Å². The maximum absolute atomic E-state index is 13.1. The van der Waals surface area contributed by atoms with Gasteiger partial charge >= 0.3 is 0 Å². The second-order valence-corrected chi connectivity index (χ2v) is 4.76. The molecule has 0 amide bonds. The molecule has 1 unspecified atom stereocenters. The molecule has 1 atom stereocenters. The first-order chi connectivity index (χ1) is 8.16. The first-order valence-corrected chi connectivity index (χ1v) is 6.17. The summed E-state index contributed by atoms with van der Waals surface area (Å²) in [5.74, 6) is 0.152. The fourth-order valence-electron chi connectivity index (χ4n) is 1.52. The van der Waals surface area contributed by atoms with E-state index in [-0.39, 0.29) is 5.82 Å². The van der Waals surface area contributed by atoms with Gasteiger partial charge in [0.25, 0.3) is 0 Å². The summed E-state index contributed by atoms with van der Waals surface area (Å²) in [6, 6.07) is 8.09. The summed E-state index contributed by atoms with van der Waals surface area (Å²) >= 11 is 1.60. The van der Waals surface area contributed by atoms with Crippen molar-refractivity contribution in [1.29, 1.82) is 0 Å². The smallest absolute Gasteiger partial charge is 0.125 e. The summed E-state index contributed by atoms with van der Waals surface area (Å²) in [5.41, 5.74) is 0.474. The number of thiophene rings is 1. The van der Waals surface area contributed by atoms with Crippen LogP contribution in [-0.2, 0) is 6.61 Å². The van der Waals surface area contributed by atoms with Crippen molar-refractivity contribution in [1.82, 2.24) is 0 Å². The summed E-state index contributed by atoms with van der Waals surface area (Å²) in [5, 5.41) is 11.5. The van der Waals surface area contributed by atoms with Crippen molar-refractivity contribution in [3.05, 3.63) is 52.0 Å². The normalized spacial score (nSPS) is 12.4. The van der Waals surface area contributed by atoms with Gasteiger partial charge in [-0.25, -0.2) is 4.39 Å². The van der Waals surface area contributed by atoms with Crippen LogP contribution in [0.4, 0.5) is 4.39 Å². The lowest BCUT2D eigenvalue weighted by Gasteiger charge is -2.12. The second-order valence-electron chi connectivity index (χ2n) is 3.73. The van der Waals surface area contributed by atoms with Crippen LogP contribution in [-0.4, -0.2) is 5.11 Å². The molecule has 0 aliphatic heterocycles. The quantitative estimate of drug-likeness (QED) is 0.902. The molecule has 0 bridgehead atoms. The third kappa shape index (κ3) is 3.05. The van der Waals surface area contributed by atoms with Gasteiger partial charge in [0.15, 0.2) is 0 Å². The molecule has 2 nitrogen and oxygen atoms in total. The van der Waals surface area contributed by atoms with E-state index >= 15 is 0 Å². The van der Waals surface area contributed by atoms with Crippen LogP contribution >= 0.6 is 11.3 Å². The molecule has 4 heteroatoms. The molecule has 1 N–H and O–H groups in total. The lowest BCUT2D eigenvalue weighted by Crippen LogP contribution is -2.00. The Morgan fingerprint density at radius 3 is 2.88 bits per heavy atom. The average Bonchev–Trinajstić information content (AvgIpc) is 2.80. The molecular formula is C13H13FO2S. The van der Waals surface area contributed by atoms with Crippen molar-refractivity contribution in [2.45, 2.75) is 19.6 Å². The summed E-state index contributed by atoms with van der Waals surface area (Å²) in [6.07, 6.45) is -0.746. The first-order valence-electron chi connectivity index (χ1n) is 5.29. The van der Waals surface area contributed by atoms with Crippen molar-refractivity contribution < 1.29 is 14.2 Å². The van der Waals surface area contributed by atoms with E-state index in [4.69, 9.17) is 4.74 Å². The topological polar surface area (TPSA) is 29.5 Å². The van der Waals surface area contributed by atoms with Gasteiger partial charge in [-0.1, -0.05) is 6.07 Å². The van der Waals surface area contributed by atoms with Gasteiger partial charge in [-0.3, -0.25) is 0 Å². The minimum atomic E-state index is -0.746. The Morgan fingerprint density at radius 2 is 2.24 bits per heavy atom. The fraction of sp³-hybridized carbons (Fsp3) is 0.231. The third-order valence-corrected chi connectivity index (χ3v) is 3.22. The van der Waals surface area contributed by atoms with E-state index in [0.29, 0.717) is 17.9 Å². The lowest BCUT2D eigenvalue weighted by molar-refractivity contribution is 0.189. The molecule has 0 spiro atoms. The Labute approximate surface area is 103 Å². The zero-order chi connectivity index (χ0) is 12.3. The Morgan fingerprint density at radius 1 is 1.41 bits per heavy atom. The highest BCUT2D eigenvalue weighted by Crippen LogP contribution is 2.27. The molecular weight excluding hydrogens is 239 g/mol. The summed E-state index contributed by atoms with van der Waals surface area (Å²) < 4.78 is 18.6. The predicted molar refractivity (Wildman–Crippen MR) is 65.7 cm³/mol. The Hall–Kier alpha value is -1.39. The van der Waals surface area contributed by atoms with Crippen molar-refractivity contribution in [3.63, 3.8) is 0 Å². The van der Waals surface area contributed by atoms with E-state index in [1.54, 1.807) is 24.3 Å². The minimum Gasteiger partial charge on any atom is -0.488 e. The Kier molecular flexibility index (Phi) is 3.76. The number of hydrogen-bond donors (Lipinski definition) is 1. The fourth-order valence-corrected chi connectivity index (χ4v) is 2.14. The number of benzene rings is 1. The third-order valence-electron chi connectivity index (χ3n) is 2.37. The molecule has 0 saturated heterocycles. The molecule has 0 saturated carbocycles. The van der Waals surface area contributed by atoms with Crippen LogP contribution in [0.1, 0.15) is 23.5 Å². The molecule has 17 heavy (non-hydrogen) atoms. The SMILES string of the molecule is CC(O)c1cc(F)ccc1OCc1cccs1. The van der Waals surface area contributed by atoms with Crippen molar-refractivity contribution in [3.8, 4) is 5.75 Å². The number of aliphatic hydroxyl groups excluding tert-OH is 1. The van der Waals surface area contributed by atoms with E-state index < -0.39 is 6.10 Å². The van der Waals surface area contributed by atoms with Crippen LogP contribution in [0.3, 0.4) is 0 Å². The van der Waals surface area contributed by atoms with E-state index in [2.05, 4.69) is 0 Å². The molecule has 90 valence electrons. The lowest BCUT2D eigenvalue weighted by atomic mass is 10.1. The van der Waals surface area contributed by atoms with E-state index in [1.165, 1.54) is 12.1 Å². The van der Waals surface area contributed by atoms with Gasteiger partial charge in [-0.2, -0.15) is 0 Å². The standard InChI is InChI=1S/C13H13FO2S/c1-9(15)12-7-10(14)4-5-13(12)16-8-11-3-2-6-17-11/h2-7,9,15H,8H2,1H3. The van der Waals surface area contributed by atoms with E-state index in [0.717, 1.165) is 4.88 Å². The molecule has 0 aliphatic carbocycles. The molecule has 1 aromatic carbocycles. The van der Waals surface area contributed by atoms with Gasteiger partial charge in [0, 0.05) is 10.4 Å². The van der Waals surface area contributed by atoms with Gasteiger partial charge in [0.1, 0.15) is 18.2 Å². The van der Waals surface area contributed by atoms with Crippen LogP contribution in [0.2, 0.25) is 0 Å². The summed E-state index contributed by atoms with van der Waals surface area (Å²) in [6.45, 7) is 2.02. The maximum atomic E-state index is 13.1. The van der Waals surface area contributed by atoms with Crippen molar-refractivity contribution in [2.24, 2.45) is 0 Å². The highest BCUT2D eigenvalue weighted by atomic mass is 32.1. The highest BCUT2D eigenvalue weighted by molar-refractivity contribution is 7.09. The molecule has 0 fully saturated rings. The molecule has 2 aromatic rings. The van der Waals surface area contributed by atoms with Gasteiger partial charge in [0.2, 0.25) is 0 Å². The zero-order valence-electron chi connectivity index (χ0n) is 9.39. The Balaban J connectivity index is 2.14. The summed E-state index contributed by atoms with van der Waals surface area (Å²) in [4.78, 5) is 1.09. The van der Waals surface area contributed by atoms with Crippen LogP contribution in [0.15, 0.2) is 35.7 Å². The van der Waals surface area contributed by atoms with Gasteiger partial charge < -0.3 is 9.84 Å². The maximum Gasteiger partial charge on any atom is 0.125 e. The van der Waals surface area contributed by atoms with Crippen LogP contribution < -0.4 is 4.74 Å². The van der Waals surface area contributed by atoms with Crippen molar-refractivity contribution >= 4 is 11.3 Å². The molecule has 2 rings (SSSR count). The molecule has 1 aromatic heterocycles. The van der Waals surface area contributed by atoms with Crippen LogP contribution in [0.5, 0.6) is 5.75 Å². The van der Waals surface area contributed by atoms with Gasteiger partial charge in [-0.15, -0.1) is 11.3 Å². The number of ether oxygens (including phenoxy) is 1. The predicted octanol–water partition coefficient (Wildman–Crippen LogP) is 3.52. The van der Waals surface area contributed by atoms with Gasteiger partial charge in [-0.05, 0) is 36.6 Å². The highest BCUT2D eigenvalue weighted by Gasteiger charge is 2.10. The van der Waals surface area contributed by atoms with Crippen molar-refractivity contribution in [2.75, 3.05) is 0 Å². The monoisotopic (exact) mass is 252 g/mol. The largest absolute Gasteiger partial charge is 0.488 e.